The third-order valence-corrected chi connectivity index (χ3v) is 3.26. The zero-order valence-electron chi connectivity index (χ0n) is 9.72. The summed E-state index contributed by atoms with van der Waals surface area (Å²) in [6, 6.07) is 1.13. The second kappa shape index (κ2) is 4.47. The third kappa shape index (κ3) is 3.05. The molecule has 1 aromatic rings. The van der Waals surface area contributed by atoms with Gasteiger partial charge < -0.3 is 10.3 Å². The summed E-state index contributed by atoms with van der Waals surface area (Å²) in [6.45, 7) is 1.59. The van der Waals surface area contributed by atoms with E-state index in [0.717, 1.165) is 12.3 Å². The average molecular weight is 242 g/mol. The summed E-state index contributed by atoms with van der Waals surface area (Å²) in [6.07, 6.45) is 3.30. The van der Waals surface area contributed by atoms with Gasteiger partial charge in [0.2, 0.25) is 0 Å². The van der Waals surface area contributed by atoms with Gasteiger partial charge in [-0.15, -0.1) is 0 Å². The number of halogens is 2. The summed E-state index contributed by atoms with van der Waals surface area (Å²) in [5.74, 6) is -0.795. The van der Waals surface area contributed by atoms with Gasteiger partial charge in [-0.2, -0.15) is 0 Å². The fourth-order valence-corrected chi connectivity index (χ4v) is 2.13. The molecule has 94 valence electrons. The van der Waals surface area contributed by atoms with E-state index in [-0.39, 0.29) is 17.6 Å². The van der Waals surface area contributed by atoms with Crippen molar-refractivity contribution >= 4 is 5.91 Å². The van der Waals surface area contributed by atoms with E-state index in [1.165, 1.54) is 0 Å². The van der Waals surface area contributed by atoms with Crippen LogP contribution in [-0.4, -0.2) is 22.6 Å². The molecule has 1 fully saturated rings. The van der Waals surface area contributed by atoms with E-state index in [0.29, 0.717) is 25.7 Å². The van der Waals surface area contributed by atoms with Gasteiger partial charge in [0.1, 0.15) is 17.2 Å². The first-order valence-electron chi connectivity index (χ1n) is 5.80. The highest BCUT2D eigenvalue weighted by atomic mass is 19.1. The molecule has 1 aliphatic rings. The maximum atomic E-state index is 13.5. The lowest BCUT2D eigenvalue weighted by atomic mass is 9.85. The van der Waals surface area contributed by atoms with Gasteiger partial charge in [-0.05, 0) is 32.6 Å². The van der Waals surface area contributed by atoms with E-state index in [1.807, 2.05) is 0 Å². The Morgan fingerprint density at radius 2 is 2.18 bits per heavy atom. The van der Waals surface area contributed by atoms with Crippen LogP contribution in [0.25, 0.3) is 0 Å². The van der Waals surface area contributed by atoms with Crippen molar-refractivity contribution in [2.24, 2.45) is 0 Å². The molecule has 2 N–H and O–H groups in total. The normalized spacial score (nSPS) is 29.0. The molecule has 1 amide bonds. The smallest absolute Gasteiger partial charge is 0.268 e. The Hall–Kier alpha value is -1.39. The van der Waals surface area contributed by atoms with Crippen molar-refractivity contribution in [3.05, 3.63) is 23.8 Å². The summed E-state index contributed by atoms with van der Waals surface area (Å²) in [4.78, 5) is 14.2. The van der Waals surface area contributed by atoms with Gasteiger partial charge in [0.25, 0.3) is 5.91 Å². The minimum absolute atomic E-state index is 0.0160. The zero-order chi connectivity index (χ0) is 12.5. The van der Waals surface area contributed by atoms with Crippen LogP contribution in [0.5, 0.6) is 0 Å². The van der Waals surface area contributed by atoms with Crippen molar-refractivity contribution in [1.29, 1.82) is 0 Å². The van der Waals surface area contributed by atoms with Crippen molar-refractivity contribution < 1.29 is 13.6 Å². The van der Waals surface area contributed by atoms with Gasteiger partial charge in [0.05, 0.1) is 0 Å². The van der Waals surface area contributed by atoms with E-state index >= 15 is 0 Å². The molecular formula is C12H16F2N2O. The molecule has 0 radical (unpaired) electrons. The fourth-order valence-electron chi connectivity index (χ4n) is 2.13. The van der Waals surface area contributed by atoms with Crippen molar-refractivity contribution in [2.75, 3.05) is 0 Å². The van der Waals surface area contributed by atoms with Crippen LogP contribution in [0.4, 0.5) is 8.78 Å². The van der Waals surface area contributed by atoms with Crippen LogP contribution in [0.3, 0.4) is 0 Å². The lowest BCUT2D eigenvalue weighted by Gasteiger charge is -2.31. The molecular weight excluding hydrogens is 226 g/mol. The zero-order valence-corrected chi connectivity index (χ0v) is 9.72. The second-order valence-electron chi connectivity index (χ2n) is 4.89. The van der Waals surface area contributed by atoms with Gasteiger partial charge in [0, 0.05) is 18.3 Å². The fraction of sp³-hybridized carbons (Fsp3) is 0.583. The van der Waals surface area contributed by atoms with Crippen LogP contribution < -0.4 is 5.32 Å². The van der Waals surface area contributed by atoms with Crippen LogP contribution in [0.15, 0.2) is 12.3 Å². The number of nitrogens with one attached hydrogen (secondary N) is 2. The molecule has 1 saturated carbocycles. The third-order valence-electron chi connectivity index (χ3n) is 3.26. The number of hydrogen-bond donors (Lipinski definition) is 2. The summed E-state index contributed by atoms with van der Waals surface area (Å²) in [7, 11) is 0. The Bertz CT molecular complexity index is 404. The molecule has 5 heteroatoms. The monoisotopic (exact) mass is 242 g/mol. The molecule has 0 aromatic carbocycles. The van der Waals surface area contributed by atoms with Crippen LogP contribution in [0.1, 0.15) is 43.1 Å². The predicted octanol–water partition coefficient (Wildman–Crippen LogP) is 2.55. The number of alkyl halides is 1. The largest absolute Gasteiger partial charge is 0.355 e. The van der Waals surface area contributed by atoms with Crippen LogP contribution >= 0.6 is 0 Å². The van der Waals surface area contributed by atoms with Gasteiger partial charge in [0.15, 0.2) is 0 Å². The van der Waals surface area contributed by atoms with Crippen LogP contribution in [0.2, 0.25) is 0 Å². The molecule has 0 bridgehead atoms. The highest BCUT2D eigenvalue weighted by Gasteiger charge is 2.31. The van der Waals surface area contributed by atoms with E-state index < -0.39 is 11.5 Å². The Balaban J connectivity index is 1.88. The molecule has 1 heterocycles. The molecule has 3 nitrogen and oxygen atoms in total. The van der Waals surface area contributed by atoms with Crippen LogP contribution in [-0.2, 0) is 0 Å². The minimum atomic E-state index is -1.11. The summed E-state index contributed by atoms with van der Waals surface area (Å²) in [5.41, 5.74) is -0.907. The molecule has 1 aliphatic carbocycles. The van der Waals surface area contributed by atoms with Gasteiger partial charge in [-0.3, -0.25) is 4.79 Å². The SMILES string of the molecule is CC1(F)CCC(NC(=O)c2cc(F)c[nH]2)CC1. The number of aromatic nitrogens is 1. The highest BCUT2D eigenvalue weighted by Crippen LogP contribution is 2.31. The highest BCUT2D eigenvalue weighted by molar-refractivity contribution is 5.92. The summed E-state index contributed by atoms with van der Waals surface area (Å²) in [5, 5.41) is 2.78. The molecule has 0 saturated heterocycles. The van der Waals surface area contributed by atoms with Crippen LogP contribution in [0, 0.1) is 5.82 Å². The van der Waals surface area contributed by atoms with Gasteiger partial charge >= 0.3 is 0 Å². The number of carbonyl (C=O) groups is 1. The van der Waals surface area contributed by atoms with E-state index in [9.17, 15) is 13.6 Å². The number of H-pyrrole nitrogens is 1. The Morgan fingerprint density at radius 3 is 2.71 bits per heavy atom. The quantitative estimate of drug-likeness (QED) is 0.822. The van der Waals surface area contributed by atoms with Crippen molar-refractivity contribution in [3.63, 3.8) is 0 Å². The topological polar surface area (TPSA) is 44.9 Å². The summed E-state index contributed by atoms with van der Waals surface area (Å²) < 4.78 is 26.2. The van der Waals surface area contributed by atoms with E-state index in [2.05, 4.69) is 10.3 Å². The van der Waals surface area contributed by atoms with Gasteiger partial charge in [-0.25, -0.2) is 8.78 Å². The Morgan fingerprint density at radius 1 is 1.53 bits per heavy atom. The van der Waals surface area contributed by atoms with Crippen molar-refractivity contribution in [2.45, 2.75) is 44.3 Å². The number of rotatable bonds is 2. The van der Waals surface area contributed by atoms with E-state index in [1.54, 1.807) is 6.92 Å². The number of aromatic amines is 1. The number of carbonyl (C=O) groups excluding carboxylic acids is 1. The first-order valence-corrected chi connectivity index (χ1v) is 5.80. The first-order chi connectivity index (χ1) is 7.96. The molecule has 1 aromatic heterocycles. The number of hydrogen-bond acceptors (Lipinski definition) is 1. The van der Waals surface area contributed by atoms with Crippen molar-refractivity contribution in [1.82, 2.24) is 10.3 Å². The molecule has 17 heavy (non-hydrogen) atoms. The van der Waals surface area contributed by atoms with Gasteiger partial charge in [-0.1, -0.05) is 0 Å². The minimum Gasteiger partial charge on any atom is -0.355 e. The number of amides is 1. The average Bonchev–Trinajstić information content (AvgIpc) is 2.68. The predicted molar refractivity (Wildman–Crippen MR) is 60.0 cm³/mol. The van der Waals surface area contributed by atoms with Crippen molar-refractivity contribution in [3.8, 4) is 0 Å². The Labute approximate surface area is 98.6 Å². The lowest BCUT2D eigenvalue weighted by Crippen LogP contribution is -2.40. The Kier molecular flexibility index (Phi) is 3.17. The molecule has 0 atom stereocenters. The molecule has 0 aliphatic heterocycles. The molecule has 0 unspecified atom stereocenters. The maximum Gasteiger partial charge on any atom is 0.268 e. The standard InChI is InChI=1S/C12H16F2N2O/c1-12(14)4-2-9(3-5-12)16-11(17)10-6-8(13)7-15-10/h6-7,9,15H,2-5H2,1H3,(H,16,17). The second-order valence-corrected chi connectivity index (χ2v) is 4.89. The molecule has 0 spiro atoms. The van der Waals surface area contributed by atoms with E-state index in [4.69, 9.17) is 0 Å². The first kappa shape index (κ1) is 12.1. The summed E-state index contributed by atoms with van der Waals surface area (Å²) >= 11 is 0. The molecule has 2 rings (SSSR count). The maximum absolute atomic E-state index is 13.5. The lowest BCUT2D eigenvalue weighted by molar-refractivity contribution is 0.0846.